The van der Waals surface area contributed by atoms with Crippen LogP contribution in [-0.4, -0.2) is 30.2 Å². The summed E-state index contributed by atoms with van der Waals surface area (Å²) < 4.78 is 0. The van der Waals surface area contributed by atoms with Crippen LogP contribution in [0, 0.1) is 0 Å². The molecule has 1 aromatic heterocycles. The molecule has 0 saturated heterocycles. The number of hydrogen-bond acceptors (Lipinski definition) is 5. The van der Waals surface area contributed by atoms with Crippen LogP contribution in [-0.2, 0) is 0 Å². The molecule has 106 valence electrons. The summed E-state index contributed by atoms with van der Waals surface area (Å²) >= 11 is 1.57. The number of hydrogen-bond donors (Lipinski definition) is 3. The number of aromatic carboxylic acids is 1. The molecule has 0 aliphatic carbocycles. The Morgan fingerprint density at radius 2 is 2.15 bits per heavy atom. The van der Waals surface area contributed by atoms with Gasteiger partial charge in [-0.1, -0.05) is 23.5 Å². The number of nitrogens with one attached hydrogen (secondary N) is 2. The third-order valence-corrected chi connectivity index (χ3v) is 4.33. The number of carbonyl (C=O) groups is 1. The molecule has 0 radical (unpaired) electrons. The third kappa shape index (κ3) is 2.81. The first kappa shape index (κ1) is 14.5. The average molecular weight is 291 g/mol. The van der Waals surface area contributed by atoms with E-state index in [1.165, 1.54) is 0 Å². The van der Waals surface area contributed by atoms with Crippen molar-refractivity contribution in [1.29, 1.82) is 0 Å². The molecule has 20 heavy (non-hydrogen) atoms. The minimum Gasteiger partial charge on any atom is -0.478 e. The maximum atomic E-state index is 11.1. The number of carboxylic acid groups (broad SMARTS) is 1. The number of aromatic nitrogens is 1. The quantitative estimate of drug-likeness (QED) is 0.790. The van der Waals surface area contributed by atoms with Gasteiger partial charge in [0.15, 0.2) is 5.13 Å². The SMILES string of the molecule is CNc1nc(-c2cccc(C(=O)O)c2)c(C(C)NC)s1. The van der Waals surface area contributed by atoms with Crippen molar-refractivity contribution in [3.8, 4) is 11.3 Å². The highest BCUT2D eigenvalue weighted by atomic mass is 32.1. The summed E-state index contributed by atoms with van der Waals surface area (Å²) in [5.41, 5.74) is 1.91. The molecule has 1 unspecified atom stereocenters. The standard InChI is InChI=1S/C14H17N3O2S/c1-8(15-2)12-11(17-14(16-3)20-12)9-5-4-6-10(7-9)13(18)19/h4-8,15H,1-3H3,(H,16,17)(H,18,19). The largest absolute Gasteiger partial charge is 0.478 e. The van der Waals surface area contributed by atoms with Crippen molar-refractivity contribution in [2.75, 3.05) is 19.4 Å². The van der Waals surface area contributed by atoms with Gasteiger partial charge in [0.05, 0.1) is 16.1 Å². The van der Waals surface area contributed by atoms with Gasteiger partial charge in [-0.15, -0.1) is 0 Å². The van der Waals surface area contributed by atoms with Crippen molar-refractivity contribution in [2.45, 2.75) is 13.0 Å². The summed E-state index contributed by atoms with van der Waals surface area (Å²) in [6.45, 7) is 2.05. The number of anilines is 1. The Labute approximate surface area is 121 Å². The van der Waals surface area contributed by atoms with Crippen LogP contribution in [0.2, 0.25) is 0 Å². The van der Waals surface area contributed by atoms with Crippen LogP contribution in [0.1, 0.15) is 28.2 Å². The topological polar surface area (TPSA) is 74.2 Å². The number of nitrogens with zero attached hydrogens (tertiary/aromatic N) is 1. The molecule has 6 heteroatoms. The van der Waals surface area contributed by atoms with Gasteiger partial charge in [-0.05, 0) is 26.1 Å². The Hall–Kier alpha value is -1.92. The Balaban J connectivity index is 2.53. The van der Waals surface area contributed by atoms with Crippen LogP contribution in [0.3, 0.4) is 0 Å². The molecule has 0 aliphatic rings. The summed E-state index contributed by atoms with van der Waals surface area (Å²) in [5, 5.41) is 16.1. The van der Waals surface area contributed by atoms with Gasteiger partial charge in [-0.3, -0.25) is 0 Å². The zero-order valence-electron chi connectivity index (χ0n) is 11.6. The molecule has 3 N–H and O–H groups in total. The van der Waals surface area contributed by atoms with E-state index in [-0.39, 0.29) is 11.6 Å². The fourth-order valence-electron chi connectivity index (χ4n) is 1.87. The fourth-order valence-corrected chi connectivity index (χ4v) is 2.87. The molecule has 2 aromatic rings. The molecule has 0 bridgehead atoms. The van der Waals surface area contributed by atoms with Crippen molar-refractivity contribution < 1.29 is 9.90 Å². The first-order chi connectivity index (χ1) is 9.56. The smallest absolute Gasteiger partial charge is 0.335 e. The summed E-state index contributed by atoms with van der Waals surface area (Å²) in [4.78, 5) is 16.7. The highest BCUT2D eigenvalue weighted by molar-refractivity contribution is 7.16. The van der Waals surface area contributed by atoms with Gasteiger partial charge in [0, 0.05) is 18.7 Å². The summed E-state index contributed by atoms with van der Waals surface area (Å²) in [7, 11) is 3.71. The lowest BCUT2D eigenvalue weighted by molar-refractivity contribution is 0.0697. The van der Waals surface area contributed by atoms with Gasteiger partial charge in [0.2, 0.25) is 0 Å². The minimum absolute atomic E-state index is 0.151. The Bertz CT molecular complexity index is 625. The molecule has 0 aliphatic heterocycles. The van der Waals surface area contributed by atoms with Gasteiger partial charge in [0.1, 0.15) is 0 Å². The van der Waals surface area contributed by atoms with Crippen LogP contribution in [0.15, 0.2) is 24.3 Å². The van der Waals surface area contributed by atoms with Gasteiger partial charge >= 0.3 is 5.97 Å². The predicted octanol–water partition coefficient (Wildman–Crippen LogP) is 2.83. The Morgan fingerprint density at radius 3 is 2.75 bits per heavy atom. The van der Waals surface area contributed by atoms with E-state index in [1.54, 1.807) is 29.5 Å². The van der Waals surface area contributed by atoms with E-state index in [0.717, 1.165) is 21.3 Å². The second kappa shape index (κ2) is 6.02. The average Bonchev–Trinajstić information content (AvgIpc) is 2.90. The fraction of sp³-hybridized carbons (Fsp3) is 0.286. The Morgan fingerprint density at radius 1 is 1.40 bits per heavy atom. The highest BCUT2D eigenvalue weighted by Gasteiger charge is 2.17. The van der Waals surface area contributed by atoms with E-state index >= 15 is 0 Å². The predicted molar refractivity (Wildman–Crippen MR) is 81.5 cm³/mol. The lowest BCUT2D eigenvalue weighted by atomic mass is 10.1. The third-order valence-electron chi connectivity index (χ3n) is 3.08. The second-order valence-corrected chi connectivity index (χ2v) is 5.41. The normalized spacial score (nSPS) is 12.2. The van der Waals surface area contributed by atoms with Gasteiger partial charge < -0.3 is 15.7 Å². The van der Waals surface area contributed by atoms with Crippen LogP contribution in [0.5, 0.6) is 0 Å². The van der Waals surface area contributed by atoms with Crippen LogP contribution in [0.25, 0.3) is 11.3 Å². The maximum Gasteiger partial charge on any atom is 0.335 e. The monoisotopic (exact) mass is 291 g/mol. The van der Waals surface area contributed by atoms with E-state index < -0.39 is 5.97 Å². The summed E-state index contributed by atoms with van der Waals surface area (Å²) in [5.74, 6) is -0.931. The lowest BCUT2D eigenvalue weighted by Gasteiger charge is -2.10. The van der Waals surface area contributed by atoms with Crippen molar-refractivity contribution >= 4 is 22.4 Å². The van der Waals surface area contributed by atoms with Crippen LogP contribution < -0.4 is 10.6 Å². The summed E-state index contributed by atoms with van der Waals surface area (Å²) in [6, 6.07) is 7.01. The van der Waals surface area contributed by atoms with Crippen molar-refractivity contribution in [3.63, 3.8) is 0 Å². The second-order valence-electron chi connectivity index (χ2n) is 4.38. The Kier molecular flexibility index (Phi) is 4.36. The van der Waals surface area contributed by atoms with Crippen LogP contribution >= 0.6 is 11.3 Å². The molecule has 0 spiro atoms. The zero-order valence-corrected chi connectivity index (χ0v) is 12.4. The van der Waals surface area contributed by atoms with E-state index in [0.29, 0.717) is 0 Å². The molecule has 0 amide bonds. The van der Waals surface area contributed by atoms with Crippen LogP contribution in [0.4, 0.5) is 5.13 Å². The van der Waals surface area contributed by atoms with Gasteiger partial charge in [0.25, 0.3) is 0 Å². The van der Waals surface area contributed by atoms with E-state index in [4.69, 9.17) is 5.11 Å². The van der Waals surface area contributed by atoms with Crippen molar-refractivity contribution in [3.05, 3.63) is 34.7 Å². The maximum absolute atomic E-state index is 11.1. The van der Waals surface area contributed by atoms with E-state index in [2.05, 4.69) is 22.5 Å². The number of carboxylic acids is 1. The summed E-state index contributed by atoms with van der Waals surface area (Å²) in [6.07, 6.45) is 0. The van der Waals surface area contributed by atoms with E-state index in [1.807, 2.05) is 20.2 Å². The molecule has 5 nitrogen and oxygen atoms in total. The zero-order chi connectivity index (χ0) is 14.7. The van der Waals surface area contributed by atoms with Gasteiger partial charge in [-0.2, -0.15) is 0 Å². The van der Waals surface area contributed by atoms with E-state index in [9.17, 15) is 4.79 Å². The number of rotatable bonds is 5. The van der Waals surface area contributed by atoms with Crippen molar-refractivity contribution in [2.24, 2.45) is 0 Å². The molecule has 1 heterocycles. The molecule has 1 aromatic carbocycles. The first-order valence-corrected chi connectivity index (χ1v) is 7.08. The van der Waals surface area contributed by atoms with Gasteiger partial charge in [-0.25, -0.2) is 9.78 Å². The van der Waals surface area contributed by atoms with Crippen molar-refractivity contribution in [1.82, 2.24) is 10.3 Å². The highest BCUT2D eigenvalue weighted by Crippen LogP contribution is 2.35. The first-order valence-electron chi connectivity index (χ1n) is 6.26. The molecule has 0 fully saturated rings. The minimum atomic E-state index is -0.931. The number of thiazole rings is 1. The molecular formula is C14H17N3O2S. The number of benzene rings is 1. The lowest BCUT2D eigenvalue weighted by Crippen LogP contribution is -2.11. The molecule has 2 rings (SSSR count). The molecule has 0 saturated carbocycles. The molecular weight excluding hydrogens is 274 g/mol. The molecule has 1 atom stereocenters.